The number of nitrogens with one attached hydrogen (secondary N) is 1. The molecular weight excluding hydrogens is 270 g/mol. The first kappa shape index (κ1) is 15.6. The summed E-state index contributed by atoms with van der Waals surface area (Å²) >= 11 is 0. The van der Waals surface area contributed by atoms with E-state index in [-0.39, 0.29) is 17.9 Å². The zero-order chi connectivity index (χ0) is 14.5. The topological polar surface area (TPSA) is 104 Å². The van der Waals surface area contributed by atoms with Crippen molar-refractivity contribution in [2.24, 2.45) is 0 Å². The monoisotopic (exact) mass is 287 g/mol. The van der Waals surface area contributed by atoms with E-state index in [4.69, 9.17) is 10.2 Å². The van der Waals surface area contributed by atoms with Crippen LogP contribution < -0.4 is 4.72 Å². The number of aryl methyl sites for hydroxylation is 1. The molecule has 1 aromatic rings. The molecule has 0 unspecified atom stereocenters. The van der Waals surface area contributed by atoms with Crippen molar-refractivity contribution >= 4 is 16.0 Å². The molecule has 6 nitrogen and oxygen atoms in total. The highest BCUT2D eigenvalue weighted by molar-refractivity contribution is 7.89. The molecule has 0 aliphatic heterocycles. The van der Waals surface area contributed by atoms with Gasteiger partial charge in [0.25, 0.3) is 0 Å². The molecule has 7 heteroatoms. The lowest BCUT2D eigenvalue weighted by Gasteiger charge is -2.08. The van der Waals surface area contributed by atoms with Crippen molar-refractivity contribution in [1.29, 1.82) is 0 Å². The average Bonchev–Trinajstić information content (AvgIpc) is 2.38. The average molecular weight is 287 g/mol. The summed E-state index contributed by atoms with van der Waals surface area (Å²) in [5.74, 6) is -1.37. The fourth-order valence-electron chi connectivity index (χ4n) is 1.44. The highest BCUT2D eigenvalue weighted by Gasteiger charge is 2.16. The Morgan fingerprint density at radius 1 is 1.32 bits per heavy atom. The molecule has 1 rings (SSSR count). The summed E-state index contributed by atoms with van der Waals surface area (Å²) in [6, 6.07) is 6.44. The molecule has 0 fully saturated rings. The minimum atomic E-state index is -3.66. The lowest BCUT2D eigenvalue weighted by Crippen LogP contribution is -2.30. The summed E-state index contributed by atoms with van der Waals surface area (Å²) in [5, 5.41) is 17.5. The standard InChI is InChI=1S/C12H17NO5S/c1-2-9-3-5-10(6-4-9)19(17,18)13-8-7-11(14)12(15)16/h3-6,11,13-14H,2,7-8H2,1H3,(H,15,16)/t11-/m0/s1. The second-order valence-corrected chi connectivity index (χ2v) is 5.80. The quantitative estimate of drug-likeness (QED) is 0.672. The van der Waals surface area contributed by atoms with Gasteiger partial charge in [-0.1, -0.05) is 19.1 Å². The molecule has 0 spiro atoms. The number of hydrogen-bond acceptors (Lipinski definition) is 4. The summed E-state index contributed by atoms with van der Waals surface area (Å²) in [6.45, 7) is 1.83. The van der Waals surface area contributed by atoms with Gasteiger partial charge in [0.2, 0.25) is 10.0 Å². The summed E-state index contributed by atoms with van der Waals surface area (Å²) in [6.07, 6.45) is -0.926. The van der Waals surface area contributed by atoms with E-state index in [1.807, 2.05) is 6.92 Å². The van der Waals surface area contributed by atoms with Crippen molar-refractivity contribution in [1.82, 2.24) is 4.72 Å². The molecular formula is C12H17NO5S. The second kappa shape index (κ2) is 6.65. The van der Waals surface area contributed by atoms with E-state index < -0.39 is 22.1 Å². The fourth-order valence-corrected chi connectivity index (χ4v) is 2.49. The maximum atomic E-state index is 11.8. The number of aliphatic hydroxyl groups excluding tert-OH is 1. The van der Waals surface area contributed by atoms with Crippen molar-refractivity contribution in [2.75, 3.05) is 6.54 Å². The van der Waals surface area contributed by atoms with Gasteiger partial charge >= 0.3 is 5.97 Å². The Kier molecular flexibility index (Phi) is 5.46. The molecule has 0 amide bonds. The van der Waals surface area contributed by atoms with Crippen molar-refractivity contribution in [3.8, 4) is 0 Å². The predicted octanol–water partition coefficient (Wildman–Crippen LogP) is 0.363. The van der Waals surface area contributed by atoms with E-state index in [0.29, 0.717) is 0 Å². The van der Waals surface area contributed by atoms with Gasteiger partial charge in [-0.25, -0.2) is 17.9 Å². The SMILES string of the molecule is CCc1ccc(S(=O)(=O)NCC[C@H](O)C(=O)O)cc1. The molecule has 0 aromatic heterocycles. The minimum absolute atomic E-state index is 0.120. The molecule has 106 valence electrons. The van der Waals surface area contributed by atoms with E-state index in [0.717, 1.165) is 12.0 Å². The van der Waals surface area contributed by atoms with E-state index >= 15 is 0 Å². The Morgan fingerprint density at radius 2 is 1.89 bits per heavy atom. The first-order chi connectivity index (χ1) is 8.86. The van der Waals surface area contributed by atoms with Crippen LogP contribution in [-0.2, 0) is 21.2 Å². The third-order valence-corrected chi connectivity index (χ3v) is 4.11. The van der Waals surface area contributed by atoms with Gasteiger partial charge < -0.3 is 10.2 Å². The zero-order valence-electron chi connectivity index (χ0n) is 10.5. The number of carboxylic acid groups (broad SMARTS) is 1. The zero-order valence-corrected chi connectivity index (χ0v) is 11.4. The number of sulfonamides is 1. The van der Waals surface area contributed by atoms with E-state index in [9.17, 15) is 13.2 Å². The van der Waals surface area contributed by atoms with E-state index in [2.05, 4.69) is 4.72 Å². The smallest absolute Gasteiger partial charge is 0.332 e. The third kappa shape index (κ3) is 4.62. The van der Waals surface area contributed by atoms with Gasteiger partial charge in [-0.2, -0.15) is 0 Å². The van der Waals surface area contributed by atoms with Gasteiger partial charge in [-0.3, -0.25) is 0 Å². The predicted molar refractivity (Wildman–Crippen MR) is 69.3 cm³/mol. The molecule has 0 saturated heterocycles. The molecule has 0 radical (unpaired) electrons. The number of carboxylic acids is 1. The van der Waals surface area contributed by atoms with Crippen LogP contribution in [0, 0.1) is 0 Å². The van der Waals surface area contributed by atoms with Crippen molar-refractivity contribution in [3.05, 3.63) is 29.8 Å². The summed E-state index contributed by atoms with van der Waals surface area (Å²) < 4.78 is 25.9. The molecule has 0 bridgehead atoms. The van der Waals surface area contributed by atoms with Gasteiger partial charge in [-0.15, -0.1) is 0 Å². The van der Waals surface area contributed by atoms with Crippen LogP contribution >= 0.6 is 0 Å². The van der Waals surface area contributed by atoms with Crippen LogP contribution in [0.3, 0.4) is 0 Å². The molecule has 19 heavy (non-hydrogen) atoms. The normalized spacial score (nSPS) is 13.2. The lowest BCUT2D eigenvalue weighted by molar-refractivity contribution is -0.146. The molecule has 0 saturated carbocycles. The van der Waals surface area contributed by atoms with Crippen LogP contribution in [-0.4, -0.2) is 37.2 Å². The van der Waals surface area contributed by atoms with Crippen LogP contribution in [0.2, 0.25) is 0 Å². The van der Waals surface area contributed by atoms with Gasteiger partial charge in [-0.05, 0) is 30.5 Å². The Balaban J connectivity index is 2.62. The highest BCUT2D eigenvalue weighted by atomic mass is 32.2. The van der Waals surface area contributed by atoms with Crippen LogP contribution in [0.4, 0.5) is 0 Å². The second-order valence-electron chi connectivity index (χ2n) is 4.04. The van der Waals surface area contributed by atoms with Crippen molar-refractivity contribution in [3.63, 3.8) is 0 Å². The van der Waals surface area contributed by atoms with E-state index in [1.165, 1.54) is 12.1 Å². The van der Waals surface area contributed by atoms with Gasteiger partial charge in [0, 0.05) is 6.54 Å². The van der Waals surface area contributed by atoms with E-state index in [1.54, 1.807) is 12.1 Å². The van der Waals surface area contributed by atoms with Crippen molar-refractivity contribution < 1.29 is 23.4 Å². The number of rotatable bonds is 7. The Morgan fingerprint density at radius 3 is 2.37 bits per heavy atom. The Bertz CT molecular complexity index is 524. The molecule has 0 aliphatic rings. The largest absolute Gasteiger partial charge is 0.479 e. The van der Waals surface area contributed by atoms with Crippen LogP contribution in [0.5, 0.6) is 0 Å². The number of carbonyl (C=O) groups is 1. The van der Waals surface area contributed by atoms with Gasteiger partial charge in [0.05, 0.1) is 4.90 Å². The van der Waals surface area contributed by atoms with Crippen LogP contribution in [0.25, 0.3) is 0 Å². The minimum Gasteiger partial charge on any atom is -0.479 e. The number of hydrogen-bond donors (Lipinski definition) is 3. The molecule has 0 aliphatic carbocycles. The van der Waals surface area contributed by atoms with Crippen molar-refractivity contribution in [2.45, 2.75) is 30.8 Å². The summed E-state index contributed by atoms with van der Waals surface area (Å²) in [4.78, 5) is 10.5. The first-order valence-electron chi connectivity index (χ1n) is 5.86. The third-order valence-electron chi connectivity index (χ3n) is 2.64. The Hall–Kier alpha value is -1.44. The summed E-state index contributed by atoms with van der Waals surface area (Å²) in [7, 11) is -3.66. The fraction of sp³-hybridized carbons (Fsp3) is 0.417. The molecule has 3 N–H and O–H groups in total. The maximum absolute atomic E-state index is 11.8. The number of benzene rings is 1. The number of aliphatic carboxylic acids is 1. The first-order valence-corrected chi connectivity index (χ1v) is 7.34. The lowest BCUT2D eigenvalue weighted by atomic mass is 10.2. The molecule has 0 heterocycles. The summed E-state index contributed by atoms with van der Waals surface area (Å²) in [5.41, 5.74) is 1.03. The maximum Gasteiger partial charge on any atom is 0.332 e. The van der Waals surface area contributed by atoms with Gasteiger partial charge in [0.1, 0.15) is 0 Å². The molecule has 1 atom stereocenters. The highest BCUT2D eigenvalue weighted by Crippen LogP contribution is 2.10. The van der Waals surface area contributed by atoms with Crippen LogP contribution in [0.15, 0.2) is 29.2 Å². The van der Waals surface area contributed by atoms with Gasteiger partial charge in [0.15, 0.2) is 6.10 Å². The molecule has 1 aromatic carbocycles. The number of aliphatic hydroxyl groups is 1. The Labute approximate surface area is 112 Å². The van der Waals surface area contributed by atoms with Crippen LogP contribution in [0.1, 0.15) is 18.9 Å².